The Morgan fingerprint density at radius 2 is 1.94 bits per heavy atom. The first-order valence-corrected chi connectivity index (χ1v) is 6.59. The van der Waals surface area contributed by atoms with Crippen LogP contribution in [0.25, 0.3) is 0 Å². The van der Waals surface area contributed by atoms with Crippen LogP contribution in [0.5, 0.6) is 0 Å². The first-order valence-electron chi connectivity index (χ1n) is 5.19. The summed E-state index contributed by atoms with van der Waals surface area (Å²) in [5.41, 5.74) is 0. The normalized spacial score (nSPS) is 13.6. The lowest BCUT2D eigenvalue weighted by atomic mass is 10.2. The quantitative estimate of drug-likeness (QED) is 0.771. The molecule has 90 valence electrons. The van der Waals surface area contributed by atoms with Crippen molar-refractivity contribution in [1.29, 1.82) is 0 Å². The van der Waals surface area contributed by atoms with Gasteiger partial charge in [-0.05, 0) is 18.6 Å². The fraction of sp³-hybridized carbons (Fsp3) is 0.455. The molecule has 0 amide bonds. The molecule has 1 N–H and O–H groups in total. The SMILES string of the molecule is CCC[C@H](O)COS(=O)(=O)c1ccccc1. The molecule has 0 spiro atoms. The van der Waals surface area contributed by atoms with Crippen molar-refractivity contribution in [3.8, 4) is 0 Å². The molecule has 0 aromatic heterocycles. The smallest absolute Gasteiger partial charge is 0.297 e. The molecule has 1 aromatic rings. The third kappa shape index (κ3) is 3.92. The van der Waals surface area contributed by atoms with Gasteiger partial charge in [0.05, 0.1) is 17.6 Å². The largest absolute Gasteiger partial charge is 0.391 e. The Bertz CT molecular complexity index is 399. The van der Waals surface area contributed by atoms with Gasteiger partial charge in [-0.2, -0.15) is 8.42 Å². The molecule has 0 aliphatic rings. The second-order valence-corrected chi connectivity index (χ2v) is 5.11. The standard InChI is InChI=1S/C11H16O4S/c1-2-6-10(12)9-15-16(13,14)11-7-4-3-5-8-11/h3-5,7-8,10,12H,2,6,9H2,1H3/t10-/m0/s1. The number of benzene rings is 1. The molecule has 0 aliphatic carbocycles. The molecule has 4 nitrogen and oxygen atoms in total. The van der Waals surface area contributed by atoms with Crippen molar-refractivity contribution >= 4 is 10.1 Å². The van der Waals surface area contributed by atoms with Crippen LogP contribution in [0.3, 0.4) is 0 Å². The molecular weight excluding hydrogens is 228 g/mol. The Labute approximate surface area is 96.0 Å². The molecule has 0 radical (unpaired) electrons. The third-order valence-corrected chi connectivity index (χ3v) is 3.37. The number of aliphatic hydroxyl groups is 1. The van der Waals surface area contributed by atoms with Crippen molar-refractivity contribution < 1.29 is 17.7 Å². The number of rotatable bonds is 6. The summed E-state index contributed by atoms with van der Waals surface area (Å²) in [5.74, 6) is 0. The summed E-state index contributed by atoms with van der Waals surface area (Å²) >= 11 is 0. The zero-order chi connectivity index (χ0) is 12.0. The molecule has 0 heterocycles. The summed E-state index contributed by atoms with van der Waals surface area (Å²) in [4.78, 5) is 0.110. The number of aliphatic hydroxyl groups excluding tert-OH is 1. The molecule has 0 saturated heterocycles. The van der Waals surface area contributed by atoms with Crippen molar-refractivity contribution in [3.05, 3.63) is 30.3 Å². The first-order chi connectivity index (χ1) is 7.56. The lowest BCUT2D eigenvalue weighted by Crippen LogP contribution is -2.18. The summed E-state index contributed by atoms with van der Waals surface area (Å²) in [6.07, 6.45) is 0.587. The fourth-order valence-electron chi connectivity index (χ4n) is 1.24. The van der Waals surface area contributed by atoms with E-state index in [-0.39, 0.29) is 11.5 Å². The fourth-order valence-corrected chi connectivity index (χ4v) is 2.20. The maximum absolute atomic E-state index is 11.6. The van der Waals surface area contributed by atoms with Crippen LogP contribution in [0.1, 0.15) is 19.8 Å². The van der Waals surface area contributed by atoms with E-state index in [1.54, 1.807) is 18.2 Å². The van der Waals surface area contributed by atoms with Gasteiger partial charge in [-0.25, -0.2) is 0 Å². The topological polar surface area (TPSA) is 63.6 Å². The molecule has 1 atom stereocenters. The minimum absolute atomic E-state index is 0.110. The van der Waals surface area contributed by atoms with Gasteiger partial charge in [0.25, 0.3) is 10.1 Å². The average molecular weight is 244 g/mol. The Morgan fingerprint density at radius 1 is 1.31 bits per heavy atom. The highest BCUT2D eigenvalue weighted by molar-refractivity contribution is 7.86. The van der Waals surface area contributed by atoms with Crippen LogP contribution in [-0.2, 0) is 14.3 Å². The molecular formula is C11H16O4S. The predicted octanol–water partition coefficient (Wildman–Crippen LogP) is 1.55. The van der Waals surface area contributed by atoms with Crippen LogP contribution in [0.4, 0.5) is 0 Å². The van der Waals surface area contributed by atoms with Crippen molar-refractivity contribution in [3.63, 3.8) is 0 Å². The van der Waals surface area contributed by atoms with Gasteiger partial charge in [-0.1, -0.05) is 31.5 Å². The van der Waals surface area contributed by atoms with Crippen LogP contribution in [0.15, 0.2) is 35.2 Å². The molecule has 0 fully saturated rings. The van der Waals surface area contributed by atoms with Gasteiger partial charge in [-0.3, -0.25) is 4.18 Å². The molecule has 0 unspecified atom stereocenters. The minimum atomic E-state index is -3.73. The number of hydrogen-bond acceptors (Lipinski definition) is 4. The summed E-state index contributed by atoms with van der Waals surface area (Å²) < 4.78 is 28.0. The van der Waals surface area contributed by atoms with Gasteiger partial charge in [0.2, 0.25) is 0 Å². The molecule has 1 rings (SSSR count). The van der Waals surface area contributed by atoms with Crippen LogP contribution >= 0.6 is 0 Å². The van der Waals surface area contributed by atoms with Crippen LogP contribution in [0.2, 0.25) is 0 Å². The van der Waals surface area contributed by atoms with E-state index < -0.39 is 16.2 Å². The highest BCUT2D eigenvalue weighted by Gasteiger charge is 2.16. The molecule has 0 aliphatic heterocycles. The van der Waals surface area contributed by atoms with Crippen LogP contribution < -0.4 is 0 Å². The lowest BCUT2D eigenvalue weighted by molar-refractivity contribution is 0.102. The molecule has 0 bridgehead atoms. The second kappa shape index (κ2) is 5.98. The molecule has 16 heavy (non-hydrogen) atoms. The summed E-state index contributed by atoms with van der Waals surface area (Å²) in [6, 6.07) is 7.89. The van der Waals surface area contributed by atoms with E-state index >= 15 is 0 Å². The van der Waals surface area contributed by atoms with Gasteiger partial charge >= 0.3 is 0 Å². The monoisotopic (exact) mass is 244 g/mol. The van der Waals surface area contributed by atoms with E-state index in [1.165, 1.54) is 12.1 Å². The van der Waals surface area contributed by atoms with Crippen molar-refractivity contribution in [1.82, 2.24) is 0 Å². The van der Waals surface area contributed by atoms with E-state index in [1.807, 2.05) is 6.92 Å². The van der Waals surface area contributed by atoms with Gasteiger partial charge in [-0.15, -0.1) is 0 Å². The molecule has 0 saturated carbocycles. The molecule has 1 aromatic carbocycles. The zero-order valence-electron chi connectivity index (χ0n) is 9.17. The van der Waals surface area contributed by atoms with Gasteiger partial charge in [0.1, 0.15) is 0 Å². The minimum Gasteiger partial charge on any atom is -0.391 e. The van der Waals surface area contributed by atoms with Crippen molar-refractivity contribution in [2.45, 2.75) is 30.8 Å². The Morgan fingerprint density at radius 3 is 2.50 bits per heavy atom. The van der Waals surface area contributed by atoms with E-state index in [0.717, 1.165) is 6.42 Å². The average Bonchev–Trinajstić information content (AvgIpc) is 2.28. The summed E-state index contributed by atoms with van der Waals surface area (Å²) in [7, 11) is -3.73. The maximum Gasteiger partial charge on any atom is 0.297 e. The molecule has 5 heteroatoms. The van der Waals surface area contributed by atoms with E-state index in [2.05, 4.69) is 0 Å². The predicted molar refractivity (Wildman–Crippen MR) is 60.5 cm³/mol. The van der Waals surface area contributed by atoms with Crippen molar-refractivity contribution in [2.75, 3.05) is 6.61 Å². The van der Waals surface area contributed by atoms with E-state index in [0.29, 0.717) is 6.42 Å². The highest BCUT2D eigenvalue weighted by Crippen LogP contribution is 2.12. The maximum atomic E-state index is 11.6. The van der Waals surface area contributed by atoms with Crippen LogP contribution in [0, 0.1) is 0 Å². The summed E-state index contributed by atoms with van der Waals surface area (Å²) in [5, 5.41) is 9.37. The Kier molecular flexibility index (Phi) is 4.92. The second-order valence-electron chi connectivity index (χ2n) is 3.49. The van der Waals surface area contributed by atoms with Gasteiger partial charge < -0.3 is 5.11 Å². The lowest BCUT2D eigenvalue weighted by Gasteiger charge is -2.10. The van der Waals surface area contributed by atoms with E-state index in [9.17, 15) is 13.5 Å². The van der Waals surface area contributed by atoms with Gasteiger partial charge in [0.15, 0.2) is 0 Å². The Hall–Kier alpha value is -0.910. The Balaban J connectivity index is 2.60. The van der Waals surface area contributed by atoms with Crippen molar-refractivity contribution in [2.24, 2.45) is 0 Å². The first kappa shape index (κ1) is 13.2. The van der Waals surface area contributed by atoms with E-state index in [4.69, 9.17) is 4.18 Å². The third-order valence-electron chi connectivity index (χ3n) is 2.07. The van der Waals surface area contributed by atoms with Gasteiger partial charge in [0, 0.05) is 0 Å². The summed E-state index contributed by atoms with van der Waals surface area (Å²) in [6.45, 7) is 1.72. The number of hydrogen-bond donors (Lipinski definition) is 1. The van der Waals surface area contributed by atoms with Crippen LogP contribution in [-0.4, -0.2) is 26.2 Å². The zero-order valence-corrected chi connectivity index (χ0v) is 9.98. The highest BCUT2D eigenvalue weighted by atomic mass is 32.2.